The van der Waals surface area contributed by atoms with E-state index in [9.17, 15) is 8.42 Å². The van der Waals surface area contributed by atoms with Gasteiger partial charge in [-0.15, -0.1) is 0 Å². The highest BCUT2D eigenvalue weighted by molar-refractivity contribution is 7.90. The molecule has 1 rings (SSSR count). The Labute approximate surface area is 112 Å². The Morgan fingerprint density at radius 3 is 2.56 bits per heavy atom. The van der Waals surface area contributed by atoms with E-state index in [0.717, 1.165) is 13.1 Å². The standard InChI is InChI=1S/C13H28N2O2S/c1-4-14-13-8-6-5-7-12(13)11-15(2)9-10-18(3,16)17/h12-14H,4-11H2,1-3H3. The molecule has 0 amide bonds. The smallest absolute Gasteiger partial charge is 0.148 e. The molecule has 0 spiro atoms. The number of nitrogens with zero attached hydrogens (tertiary/aromatic N) is 1. The van der Waals surface area contributed by atoms with Gasteiger partial charge in [0.25, 0.3) is 0 Å². The van der Waals surface area contributed by atoms with Gasteiger partial charge in [0.2, 0.25) is 0 Å². The van der Waals surface area contributed by atoms with Gasteiger partial charge in [-0.1, -0.05) is 19.8 Å². The molecule has 2 atom stereocenters. The summed E-state index contributed by atoms with van der Waals surface area (Å²) in [5.41, 5.74) is 0. The Hall–Kier alpha value is -0.130. The lowest BCUT2D eigenvalue weighted by Gasteiger charge is -2.34. The van der Waals surface area contributed by atoms with E-state index >= 15 is 0 Å². The van der Waals surface area contributed by atoms with Crippen LogP contribution in [-0.4, -0.2) is 58.1 Å². The minimum Gasteiger partial charge on any atom is -0.314 e. The molecule has 1 aliphatic rings. The van der Waals surface area contributed by atoms with Crippen molar-refractivity contribution in [1.82, 2.24) is 10.2 Å². The molecule has 108 valence electrons. The minimum absolute atomic E-state index is 0.266. The fraction of sp³-hybridized carbons (Fsp3) is 1.00. The van der Waals surface area contributed by atoms with E-state index in [0.29, 0.717) is 18.5 Å². The van der Waals surface area contributed by atoms with E-state index in [-0.39, 0.29) is 5.75 Å². The fourth-order valence-corrected chi connectivity index (χ4v) is 3.41. The second-order valence-corrected chi connectivity index (χ2v) is 7.86. The molecule has 0 heterocycles. The van der Waals surface area contributed by atoms with Crippen molar-refractivity contribution < 1.29 is 8.42 Å². The number of rotatable bonds is 7. The minimum atomic E-state index is -2.84. The first-order valence-corrected chi connectivity index (χ1v) is 9.08. The zero-order chi connectivity index (χ0) is 13.6. The normalized spacial score (nSPS) is 25.6. The molecule has 1 aliphatic carbocycles. The zero-order valence-corrected chi connectivity index (χ0v) is 12.8. The van der Waals surface area contributed by atoms with Crippen LogP contribution in [-0.2, 0) is 9.84 Å². The predicted octanol–water partition coefficient (Wildman–Crippen LogP) is 1.13. The fourth-order valence-electron chi connectivity index (χ4n) is 2.77. The van der Waals surface area contributed by atoms with E-state index < -0.39 is 9.84 Å². The number of hydrogen-bond donors (Lipinski definition) is 1. The first kappa shape index (κ1) is 15.9. The zero-order valence-electron chi connectivity index (χ0n) is 12.0. The van der Waals surface area contributed by atoms with Gasteiger partial charge in [-0.25, -0.2) is 8.42 Å². The Kier molecular flexibility index (Phi) is 6.60. The average molecular weight is 276 g/mol. The van der Waals surface area contributed by atoms with E-state index in [1.165, 1.54) is 31.9 Å². The maximum atomic E-state index is 11.2. The molecule has 1 N–H and O–H groups in total. The molecule has 1 fully saturated rings. The predicted molar refractivity (Wildman–Crippen MR) is 76.6 cm³/mol. The summed E-state index contributed by atoms with van der Waals surface area (Å²) in [6.45, 7) is 4.83. The van der Waals surface area contributed by atoms with Crippen LogP contribution in [0.5, 0.6) is 0 Å². The third kappa shape index (κ3) is 6.16. The van der Waals surface area contributed by atoms with Crippen molar-refractivity contribution in [3.05, 3.63) is 0 Å². The highest BCUT2D eigenvalue weighted by Crippen LogP contribution is 2.25. The van der Waals surface area contributed by atoms with Gasteiger partial charge in [-0.2, -0.15) is 0 Å². The summed E-state index contributed by atoms with van der Waals surface area (Å²) in [5, 5.41) is 3.57. The van der Waals surface area contributed by atoms with Gasteiger partial charge >= 0.3 is 0 Å². The van der Waals surface area contributed by atoms with Gasteiger partial charge < -0.3 is 10.2 Å². The van der Waals surface area contributed by atoms with Crippen LogP contribution < -0.4 is 5.32 Å². The van der Waals surface area contributed by atoms with Gasteiger partial charge in [0, 0.05) is 25.4 Å². The van der Waals surface area contributed by atoms with E-state index in [4.69, 9.17) is 0 Å². The SMILES string of the molecule is CCNC1CCCCC1CN(C)CCS(C)(=O)=O. The number of sulfone groups is 1. The van der Waals surface area contributed by atoms with Crippen LogP contribution in [0.25, 0.3) is 0 Å². The van der Waals surface area contributed by atoms with E-state index in [2.05, 4.69) is 17.1 Å². The van der Waals surface area contributed by atoms with Crippen LogP contribution in [0, 0.1) is 5.92 Å². The van der Waals surface area contributed by atoms with Crippen molar-refractivity contribution in [2.24, 2.45) is 5.92 Å². The molecular formula is C13H28N2O2S. The highest BCUT2D eigenvalue weighted by atomic mass is 32.2. The molecular weight excluding hydrogens is 248 g/mol. The highest BCUT2D eigenvalue weighted by Gasteiger charge is 2.25. The summed E-state index contributed by atoms with van der Waals surface area (Å²) in [5.74, 6) is 0.936. The van der Waals surface area contributed by atoms with E-state index in [1.807, 2.05) is 7.05 Å². The van der Waals surface area contributed by atoms with Gasteiger partial charge in [0.15, 0.2) is 0 Å². The first-order chi connectivity index (χ1) is 8.42. The van der Waals surface area contributed by atoms with E-state index in [1.54, 1.807) is 0 Å². The van der Waals surface area contributed by atoms with Gasteiger partial charge in [0.05, 0.1) is 5.75 Å². The number of nitrogens with one attached hydrogen (secondary N) is 1. The van der Waals surface area contributed by atoms with Crippen molar-refractivity contribution in [2.75, 3.05) is 38.7 Å². The van der Waals surface area contributed by atoms with Crippen molar-refractivity contribution in [3.63, 3.8) is 0 Å². The van der Waals surface area contributed by atoms with Crippen LogP contribution in [0.3, 0.4) is 0 Å². The second-order valence-electron chi connectivity index (χ2n) is 5.60. The summed E-state index contributed by atoms with van der Waals surface area (Å²) >= 11 is 0. The van der Waals surface area contributed by atoms with Gasteiger partial charge in [-0.05, 0) is 32.4 Å². The molecule has 0 bridgehead atoms. The molecule has 2 unspecified atom stereocenters. The van der Waals surface area contributed by atoms with Crippen LogP contribution >= 0.6 is 0 Å². The van der Waals surface area contributed by atoms with Crippen molar-refractivity contribution >= 4 is 9.84 Å². The van der Waals surface area contributed by atoms with Gasteiger partial charge in [-0.3, -0.25) is 0 Å². The van der Waals surface area contributed by atoms with Crippen LogP contribution in [0.15, 0.2) is 0 Å². The first-order valence-electron chi connectivity index (χ1n) is 7.02. The summed E-state index contributed by atoms with van der Waals surface area (Å²) in [6, 6.07) is 0.615. The second kappa shape index (κ2) is 7.46. The quantitative estimate of drug-likeness (QED) is 0.757. The lowest BCUT2D eigenvalue weighted by molar-refractivity contribution is 0.196. The molecule has 0 aliphatic heterocycles. The molecule has 0 radical (unpaired) electrons. The number of hydrogen-bond acceptors (Lipinski definition) is 4. The van der Waals surface area contributed by atoms with Crippen LogP contribution in [0.2, 0.25) is 0 Å². The molecule has 0 aromatic heterocycles. The van der Waals surface area contributed by atoms with Crippen molar-refractivity contribution in [1.29, 1.82) is 0 Å². The largest absolute Gasteiger partial charge is 0.314 e. The molecule has 5 heteroatoms. The Balaban J connectivity index is 2.38. The topological polar surface area (TPSA) is 49.4 Å². The maximum Gasteiger partial charge on any atom is 0.148 e. The van der Waals surface area contributed by atoms with Crippen LogP contribution in [0.4, 0.5) is 0 Å². The Bertz CT molecular complexity index is 328. The monoisotopic (exact) mass is 276 g/mol. The molecule has 0 aromatic rings. The lowest BCUT2D eigenvalue weighted by Crippen LogP contribution is -2.44. The summed E-state index contributed by atoms with van der Waals surface area (Å²) in [6.07, 6.45) is 6.47. The third-order valence-electron chi connectivity index (χ3n) is 3.77. The summed E-state index contributed by atoms with van der Waals surface area (Å²) < 4.78 is 22.3. The molecule has 1 saturated carbocycles. The Morgan fingerprint density at radius 1 is 1.28 bits per heavy atom. The molecule has 0 saturated heterocycles. The van der Waals surface area contributed by atoms with Crippen LogP contribution in [0.1, 0.15) is 32.6 Å². The Morgan fingerprint density at radius 2 is 1.94 bits per heavy atom. The van der Waals surface area contributed by atoms with Crippen molar-refractivity contribution in [3.8, 4) is 0 Å². The molecule has 0 aromatic carbocycles. The average Bonchev–Trinajstić information content (AvgIpc) is 2.29. The molecule has 4 nitrogen and oxygen atoms in total. The molecule has 18 heavy (non-hydrogen) atoms. The summed E-state index contributed by atoms with van der Waals surface area (Å²) in [4.78, 5) is 2.17. The van der Waals surface area contributed by atoms with Crippen molar-refractivity contribution in [2.45, 2.75) is 38.6 Å². The third-order valence-corrected chi connectivity index (χ3v) is 4.69. The van der Waals surface area contributed by atoms with Gasteiger partial charge in [0.1, 0.15) is 9.84 Å². The maximum absolute atomic E-state index is 11.2. The lowest BCUT2D eigenvalue weighted by atomic mass is 9.84. The summed E-state index contributed by atoms with van der Waals surface area (Å²) in [7, 11) is -0.810.